The third-order valence-electron chi connectivity index (χ3n) is 5.81. The SMILES string of the molecule is CCOc1ccc2nc(SCC(=O)c3cc(C)n(CC4COc5ccccc5O4)c3C)sc2c1. The van der Waals surface area contributed by atoms with E-state index in [-0.39, 0.29) is 11.9 Å². The highest BCUT2D eigenvalue weighted by Gasteiger charge is 2.24. The lowest BCUT2D eigenvalue weighted by atomic mass is 10.2. The molecule has 0 aliphatic carbocycles. The van der Waals surface area contributed by atoms with E-state index in [0.717, 1.165) is 48.8 Å². The average Bonchev–Trinajstić information content (AvgIpc) is 3.38. The monoisotopic (exact) mass is 494 g/mol. The lowest BCUT2D eigenvalue weighted by Crippen LogP contribution is -2.33. The van der Waals surface area contributed by atoms with Gasteiger partial charge in [0.15, 0.2) is 27.7 Å². The standard InChI is InChI=1S/C26H26N2O4S2/c1-4-30-18-9-10-21-25(12-18)34-26(27-21)33-15-22(29)20-11-16(2)28(17(20)3)13-19-14-31-23-7-5-6-8-24(23)32-19/h5-12,19H,4,13-15H2,1-3H3. The zero-order valence-corrected chi connectivity index (χ0v) is 21.0. The molecule has 2 aromatic heterocycles. The topological polar surface area (TPSA) is 62.6 Å². The predicted molar refractivity (Wildman–Crippen MR) is 136 cm³/mol. The first-order valence-electron chi connectivity index (χ1n) is 11.3. The molecular weight excluding hydrogens is 468 g/mol. The smallest absolute Gasteiger partial charge is 0.174 e. The number of Topliss-reactive ketones (excluding diaryl/α,β-unsaturated/α-hetero) is 1. The molecule has 0 fully saturated rings. The van der Waals surface area contributed by atoms with Crippen molar-refractivity contribution in [3.05, 3.63) is 65.5 Å². The summed E-state index contributed by atoms with van der Waals surface area (Å²) in [5.41, 5.74) is 3.67. The van der Waals surface area contributed by atoms with Crippen LogP contribution in [0.3, 0.4) is 0 Å². The van der Waals surface area contributed by atoms with Crippen LogP contribution in [-0.2, 0) is 6.54 Å². The minimum absolute atomic E-state index is 0.102. The number of carbonyl (C=O) groups is 1. The van der Waals surface area contributed by atoms with E-state index in [0.29, 0.717) is 25.5 Å². The summed E-state index contributed by atoms with van der Waals surface area (Å²) in [6.07, 6.45) is -0.110. The Kier molecular flexibility index (Phi) is 6.52. The molecule has 1 aliphatic heterocycles. The van der Waals surface area contributed by atoms with E-state index < -0.39 is 0 Å². The summed E-state index contributed by atoms with van der Waals surface area (Å²) in [5.74, 6) is 2.83. The van der Waals surface area contributed by atoms with Gasteiger partial charge >= 0.3 is 0 Å². The molecule has 6 nitrogen and oxygen atoms in total. The number of hydrogen-bond acceptors (Lipinski definition) is 7. The molecule has 0 spiro atoms. The number of nitrogens with zero attached hydrogens (tertiary/aromatic N) is 2. The Labute approximate surface area is 206 Å². The van der Waals surface area contributed by atoms with Gasteiger partial charge in [0.05, 0.1) is 29.1 Å². The van der Waals surface area contributed by atoms with Gasteiger partial charge in [0.2, 0.25) is 0 Å². The van der Waals surface area contributed by atoms with Crippen LogP contribution in [0, 0.1) is 13.8 Å². The van der Waals surface area contributed by atoms with Crippen LogP contribution in [0.5, 0.6) is 17.2 Å². The maximum Gasteiger partial charge on any atom is 0.174 e. The third kappa shape index (κ3) is 4.65. The largest absolute Gasteiger partial charge is 0.494 e. The first-order valence-corrected chi connectivity index (χ1v) is 13.1. The van der Waals surface area contributed by atoms with E-state index in [1.807, 2.05) is 69.3 Å². The quantitative estimate of drug-likeness (QED) is 0.224. The number of para-hydroxylation sites is 2. The van der Waals surface area contributed by atoms with Crippen LogP contribution >= 0.6 is 23.1 Å². The first kappa shape index (κ1) is 22.8. The van der Waals surface area contributed by atoms with Gasteiger partial charge in [-0.2, -0.15) is 0 Å². The number of aromatic nitrogens is 2. The molecule has 1 atom stereocenters. The van der Waals surface area contributed by atoms with Crippen LogP contribution in [-0.4, -0.2) is 40.4 Å². The Bertz CT molecular complexity index is 1340. The van der Waals surface area contributed by atoms with E-state index in [2.05, 4.69) is 9.55 Å². The molecule has 34 heavy (non-hydrogen) atoms. The number of ketones is 1. The van der Waals surface area contributed by atoms with E-state index >= 15 is 0 Å². The van der Waals surface area contributed by atoms with Crippen LogP contribution in [0.1, 0.15) is 28.7 Å². The molecule has 5 rings (SSSR count). The molecule has 0 bridgehead atoms. The van der Waals surface area contributed by atoms with Crippen LogP contribution in [0.4, 0.5) is 0 Å². The van der Waals surface area contributed by atoms with Gasteiger partial charge in [-0.15, -0.1) is 11.3 Å². The van der Waals surface area contributed by atoms with E-state index in [4.69, 9.17) is 14.2 Å². The fraction of sp³-hybridized carbons (Fsp3) is 0.308. The Morgan fingerprint density at radius 2 is 2.03 bits per heavy atom. The highest BCUT2D eigenvalue weighted by molar-refractivity contribution is 8.01. The van der Waals surface area contributed by atoms with Gasteiger partial charge in [-0.05, 0) is 57.2 Å². The van der Waals surface area contributed by atoms with Crippen LogP contribution < -0.4 is 14.2 Å². The molecule has 3 heterocycles. The molecule has 1 unspecified atom stereocenters. The molecule has 1 aliphatic rings. The molecule has 0 radical (unpaired) electrons. The van der Waals surface area contributed by atoms with Gasteiger partial charge in [-0.3, -0.25) is 4.79 Å². The number of hydrogen-bond donors (Lipinski definition) is 0. The van der Waals surface area contributed by atoms with Crippen molar-refractivity contribution in [2.45, 2.75) is 37.8 Å². The Balaban J connectivity index is 1.25. The lowest BCUT2D eigenvalue weighted by molar-refractivity contribution is 0.0777. The molecule has 2 aromatic carbocycles. The number of aryl methyl sites for hydroxylation is 1. The Hall–Kier alpha value is -2.97. The summed E-state index contributed by atoms with van der Waals surface area (Å²) in [4.78, 5) is 17.7. The molecule has 0 saturated carbocycles. The third-order valence-corrected chi connectivity index (χ3v) is 7.97. The normalized spacial score (nSPS) is 15.0. The number of fused-ring (bicyclic) bond motifs is 2. The highest BCUT2D eigenvalue weighted by Crippen LogP contribution is 2.33. The van der Waals surface area contributed by atoms with Crippen molar-refractivity contribution >= 4 is 39.1 Å². The van der Waals surface area contributed by atoms with Gasteiger partial charge in [-0.1, -0.05) is 23.9 Å². The fourth-order valence-electron chi connectivity index (χ4n) is 4.13. The summed E-state index contributed by atoms with van der Waals surface area (Å²) in [5, 5.41) is 0. The van der Waals surface area contributed by atoms with E-state index in [1.54, 1.807) is 11.3 Å². The average molecular weight is 495 g/mol. The second-order valence-electron chi connectivity index (χ2n) is 8.15. The summed E-state index contributed by atoms with van der Waals surface area (Å²) in [6, 6.07) is 15.6. The molecule has 176 valence electrons. The van der Waals surface area contributed by atoms with Crippen molar-refractivity contribution in [2.24, 2.45) is 0 Å². The Morgan fingerprint density at radius 1 is 1.21 bits per heavy atom. The highest BCUT2D eigenvalue weighted by atomic mass is 32.2. The van der Waals surface area contributed by atoms with Crippen molar-refractivity contribution in [1.82, 2.24) is 9.55 Å². The van der Waals surface area contributed by atoms with E-state index in [1.165, 1.54) is 11.8 Å². The second-order valence-corrected chi connectivity index (χ2v) is 10.4. The zero-order valence-electron chi connectivity index (χ0n) is 19.4. The Morgan fingerprint density at radius 3 is 2.85 bits per heavy atom. The van der Waals surface area contributed by atoms with Gasteiger partial charge in [0.1, 0.15) is 12.4 Å². The molecule has 0 amide bonds. The maximum absolute atomic E-state index is 13.1. The molecule has 4 aromatic rings. The summed E-state index contributed by atoms with van der Waals surface area (Å²) < 4.78 is 21.6. The van der Waals surface area contributed by atoms with Crippen LogP contribution in [0.15, 0.2) is 52.9 Å². The number of ether oxygens (including phenoxy) is 3. The van der Waals surface area contributed by atoms with Gasteiger partial charge in [0, 0.05) is 17.0 Å². The van der Waals surface area contributed by atoms with Crippen LogP contribution in [0.25, 0.3) is 10.2 Å². The lowest BCUT2D eigenvalue weighted by Gasteiger charge is -2.27. The second kappa shape index (κ2) is 9.72. The van der Waals surface area contributed by atoms with Crippen molar-refractivity contribution < 1.29 is 19.0 Å². The van der Waals surface area contributed by atoms with Crippen molar-refractivity contribution in [3.8, 4) is 17.2 Å². The molecule has 8 heteroatoms. The first-order chi connectivity index (χ1) is 16.5. The number of carbonyl (C=O) groups excluding carboxylic acids is 1. The maximum atomic E-state index is 13.1. The molecule has 0 saturated heterocycles. The number of rotatable bonds is 8. The van der Waals surface area contributed by atoms with Gasteiger partial charge < -0.3 is 18.8 Å². The molecule has 0 N–H and O–H groups in total. The van der Waals surface area contributed by atoms with Crippen molar-refractivity contribution in [1.29, 1.82) is 0 Å². The van der Waals surface area contributed by atoms with Gasteiger partial charge in [-0.25, -0.2) is 4.98 Å². The predicted octanol–water partition coefficient (Wildman–Crippen LogP) is 5.93. The van der Waals surface area contributed by atoms with Crippen LogP contribution in [0.2, 0.25) is 0 Å². The van der Waals surface area contributed by atoms with Gasteiger partial charge in [0.25, 0.3) is 0 Å². The summed E-state index contributed by atoms with van der Waals surface area (Å²) in [7, 11) is 0. The molecular formula is C26H26N2O4S2. The minimum Gasteiger partial charge on any atom is -0.494 e. The fourth-order valence-corrected chi connectivity index (χ4v) is 6.11. The minimum atomic E-state index is -0.110. The van der Waals surface area contributed by atoms with Crippen molar-refractivity contribution in [2.75, 3.05) is 19.0 Å². The summed E-state index contributed by atoms with van der Waals surface area (Å²) >= 11 is 3.07. The number of thiazole rings is 1. The number of thioether (sulfide) groups is 1. The zero-order chi connectivity index (χ0) is 23.7. The summed E-state index contributed by atoms with van der Waals surface area (Å²) in [6.45, 7) is 7.73. The number of benzene rings is 2. The van der Waals surface area contributed by atoms with Crippen molar-refractivity contribution in [3.63, 3.8) is 0 Å². The van der Waals surface area contributed by atoms with E-state index in [9.17, 15) is 4.79 Å².